The normalized spacial score (nSPS) is 14.3. The smallest absolute Gasteiger partial charge is 0.337 e. The predicted molar refractivity (Wildman–Crippen MR) is 160 cm³/mol. The van der Waals surface area contributed by atoms with Crippen molar-refractivity contribution in [1.82, 2.24) is 19.3 Å². The Labute approximate surface area is 243 Å². The van der Waals surface area contributed by atoms with Crippen molar-refractivity contribution >= 4 is 27.9 Å². The molecule has 0 saturated carbocycles. The van der Waals surface area contributed by atoms with E-state index >= 15 is 4.39 Å². The summed E-state index contributed by atoms with van der Waals surface area (Å²) in [5, 5.41) is 16.6. The first-order valence-corrected chi connectivity index (χ1v) is 14.1. The molecule has 0 saturated heterocycles. The number of hydrogen-bond donors (Lipinski definition) is 1. The molecule has 0 spiro atoms. The molecule has 8 nitrogen and oxygen atoms in total. The highest BCUT2D eigenvalue weighted by molar-refractivity contribution is 6.01. The lowest BCUT2D eigenvalue weighted by Crippen LogP contribution is -2.28. The van der Waals surface area contributed by atoms with Crippen molar-refractivity contribution in [3.63, 3.8) is 0 Å². The summed E-state index contributed by atoms with van der Waals surface area (Å²) in [6.07, 6.45) is 1.98. The number of carboxylic acids is 1. The van der Waals surface area contributed by atoms with Gasteiger partial charge in [0.2, 0.25) is 0 Å². The topological polar surface area (TPSA) is 91.4 Å². The number of carbonyl (C=O) groups is 1. The predicted octanol–water partition coefficient (Wildman–Crippen LogP) is 6.82. The molecule has 2 aromatic carbocycles. The minimum absolute atomic E-state index is 0.283. The molecule has 1 aliphatic heterocycles. The maximum absolute atomic E-state index is 15.7. The van der Waals surface area contributed by atoms with Crippen molar-refractivity contribution in [2.75, 3.05) is 6.61 Å². The summed E-state index contributed by atoms with van der Waals surface area (Å²) in [7, 11) is 3.85. The third kappa shape index (κ3) is 4.52. The van der Waals surface area contributed by atoms with Crippen LogP contribution in [0.15, 0.2) is 36.5 Å². The first-order valence-electron chi connectivity index (χ1n) is 14.1. The molecule has 0 fully saturated rings. The Morgan fingerprint density at radius 3 is 2.64 bits per heavy atom. The number of halogens is 1. The van der Waals surface area contributed by atoms with Gasteiger partial charge in [-0.1, -0.05) is 6.07 Å². The average molecular weight is 571 g/mol. The fourth-order valence-electron chi connectivity index (χ4n) is 6.17. The second-order valence-electron chi connectivity index (χ2n) is 12.1. The Morgan fingerprint density at radius 1 is 1.17 bits per heavy atom. The molecule has 0 radical (unpaired) electrons. The molecule has 0 amide bonds. The lowest BCUT2D eigenvalue weighted by atomic mass is 9.86. The first kappa shape index (κ1) is 27.9. The van der Waals surface area contributed by atoms with Crippen LogP contribution in [-0.2, 0) is 30.0 Å². The van der Waals surface area contributed by atoms with Crippen LogP contribution in [0.4, 0.5) is 4.39 Å². The lowest BCUT2D eigenvalue weighted by molar-refractivity contribution is -0.160. The number of carboxylic acid groups (broad SMARTS) is 1. The Bertz CT molecular complexity index is 1900. The van der Waals surface area contributed by atoms with Gasteiger partial charge >= 0.3 is 5.97 Å². The van der Waals surface area contributed by atoms with Crippen LogP contribution in [0, 0.1) is 19.7 Å². The molecule has 6 rings (SSSR count). The van der Waals surface area contributed by atoms with Crippen molar-refractivity contribution < 1.29 is 23.8 Å². The van der Waals surface area contributed by atoms with E-state index in [0.717, 1.165) is 45.1 Å². The minimum atomic E-state index is -1.32. The van der Waals surface area contributed by atoms with Gasteiger partial charge in [0.15, 0.2) is 17.7 Å². The van der Waals surface area contributed by atoms with Crippen molar-refractivity contribution in [3.8, 4) is 28.1 Å². The SMILES string of the molecule is Cc1nc2c(cc(-c3ccc4c(cnn4C)c3)n2C)c(-c2cc(F)c3c(c2C)CCCO3)c1[C@H](OC(C)(C)C)C(=O)O. The maximum Gasteiger partial charge on any atom is 0.337 e. The van der Waals surface area contributed by atoms with Crippen LogP contribution < -0.4 is 4.74 Å². The maximum atomic E-state index is 15.7. The standard InChI is InChI=1S/C33H35FN4O4/c1-17-21-9-8-12-41-29(21)24(34)14-22(17)28-23-15-26(19-10-11-25-20(13-19)16-35-38(25)7)37(6)31(23)36-18(2)27(28)30(32(39)40)42-33(3,4)5/h10-11,13-16,30H,8-9,12H2,1-7H3,(H,39,40)/t30-/m0/s1. The molecule has 1 aliphatic rings. The third-order valence-corrected chi connectivity index (χ3v) is 8.11. The summed E-state index contributed by atoms with van der Waals surface area (Å²) in [5.41, 5.74) is 6.62. The van der Waals surface area contributed by atoms with Crippen LogP contribution in [0.2, 0.25) is 0 Å². The number of rotatable bonds is 5. The van der Waals surface area contributed by atoms with Gasteiger partial charge in [0.25, 0.3) is 0 Å². The molecule has 3 aromatic heterocycles. The molecule has 0 unspecified atom stereocenters. The Kier molecular flexibility index (Phi) is 6.61. The molecule has 5 aromatic rings. The number of pyridine rings is 1. The van der Waals surface area contributed by atoms with Crippen molar-refractivity contribution in [3.05, 3.63) is 64.7 Å². The summed E-state index contributed by atoms with van der Waals surface area (Å²) in [4.78, 5) is 17.7. The highest BCUT2D eigenvalue weighted by Gasteiger charge is 2.34. The molecule has 0 aliphatic carbocycles. The summed E-state index contributed by atoms with van der Waals surface area (Å²) in [6.45, 7) is 9.67. The van der Waals surface area contributed by atoms with Crippen LogP contribution in [-0.4, -0.2) is 42.6 Å². The van der Waals surface area contributed by atoms with Crippen molar-refractivity contribution in [2.24, 2.45) is 14.1 Å². The van der Waals surface area contributed by atoms with Gasteiger partial charge in [0, 0.05) is 47.3 Å². The van der Waals surface area contributed by atoms with Gasteiger partial charge in [0.05, 0.1) is 29.6 Å². The molecular weight excluding hydrogens is 535 g/mol. The van der Waals surface area contributed by atoms with Crippen molar-refractivity contribution in [2.45, 2.75) is 59.2 Å². The van der Waals surface area contributed by atoms with Gasteiger partial charge in [0.1, 0.15) is 5.65 Å². The van der Waals surface area contributed by atoms with E-state index in [9.17, 15) is 9.90 Å². The van der Waals surface area contributed by atoms with Gasteiger partial charge in [-0.2, -0.15) is 5.10 Å². The highest BCUT2D eigenvalue weighted by Crippen LogP contribution is 2.45. The molecule has 1 atom stereocenters. The number of aromatic nitrogens is 4. The fourth-order valence-corrected chi connectivity index (χ4v) is 6.17. The largest absolute Gasteiger partial charge is 0.490 e. The summed E-state index contributed by atoms with van der Waals surface area (Å²) < 4.78 is 31.4. The van der Waals surface area contributed by atoms with Crippen LogP contribution in [0.3, 0.4) is 0 Å². The average Bonchev–Trinajstić information content (AvgIpc) is 3.47. The number of aliphatic carboxylic acids is 1. The zero-order valence-electron chi connectivity index (χ0n) is 25.0. The van der Waals surface area contributed by atoms with E-state index in [-0.39, 0.29) is 5.75 Å². The minimum Gasteiger partial charge on any atom is -0.490 e. The number of aryl methyl sites for hydroxylation is 3. The number of nitrogens with zero attached hydrogens (tertiary/aromatic N) is 4. The summed E-state index contributed by atoms with van der Waals surface area (Å²) >= 11 is 0. The Hall–Kier alpha value is -4.24. The monoisotopic (exact) mass is 570 g/mol. The summed E-state index contributed by atoms with van der Waals surface area (Å²) in [5.74, 6) is -1.31. The quantitative estimate of drug-likeness (QED) is 0.249. The first-order chi connectivity index (χ1) is 19.9. The molecule has 4 heterocycles. The number of fused-ring (bicyclic) bond motifs is 3. The fraction of sp³-hybridized carbons (Fsp3) is 0.364. The van der Waals surface area contributed by atoms with E-state index in [2.05, 4.69) is 11.2 Å². The molecule has 9 heteroatoms. The zero-order valence-corrected chi connectivity index (χ0v) is 25.0. The third-order valence-electron chi connectivity index (χ3n) is 8.11. The van der Waals surface area contributed by atoms with Gasteiger partial charge in [-0.3, -0.25) is 4.68 Å². The van der Waals surface area contributed by atoms with Crippen molar-refractivity contribution in [1.29, 1.82) is 0 Å². The Morgan fingerprint density at radius 2 is 1.93 bits per heavy atom. The summed E-state index contributed by atoms with van der Waals surface area (Å²) in [6, 6.07) is 9.63. The highest BCUT2D eigenvalue weighted by atomic mass is 19.1. The van der Waals surface area contributed by atoms with Crippen LogP contribution in [0.1, 0.15) is 55.7 Å². The molecule has 42 heavy (non-hydrogen) atoms. The lowest BCUT2D eigenvalue weighted by Gasteiger charge is -2.29. The van der Waals surface area contributed by atoms with Gasteiger partial charge in [-0.25, -0.2) is 14.2 Å². The second-order valence-corrected chi connectivity index (χ2v) is 12.1. The molecule has 218 valence electrons. The van der Waals surface area contributed by atoms with E-state index in [1.807, 2.05) is 75.4 Å². The molecule has 0 bridgehead atoms. The molecular formula is C33H35FN4O4. The molecule has 1 N–H and O–H groups in total. The van der Waals surface area contributed by atoms with E-state index < -0.39 is 23.5 Å². The second kappa shape index (κ2) is 9.94. The zero-order chi connectivity index (χ0) is 30.1. The Balaban J connectivity index is 1.70. The van der Waals surface area contributed by atoms with E-state index in [1.165, 1.54) is 6.07 Å². The van der Waals surface area contributed by atoms with Crippen LogP contribution >= 0.6 is 0 Å². The number of ether oxygens (including phenoxy) is 2. The van der Waals surface area contributed by atoms with Gasteiger partial charge < -0.3 is 19.1 Å². The van der Waals surface area contributed by atoms with Crippen LogP contribution in [0.5, 0.6) is 5.75 Å². The van der Waals surface area contributed by atoms with Gasteiger partial charge in [-0.05, 0) is 88.4 Å². The van der Waals surface area contributed by atoms with E-state index in [0.29, 0.717) is 41.1 Å². The van der Waals surface area contributed by atoms with Gasteiger partial charge in [-0.15, -0.1) is 0 Å². The number of benzene rings is 2. The van der Waals surface area contributed by atoms with Crippen LogP contribution in [0.25, 0.3) is 44.3 Å². The van der Waals surface area contributed by atoms with E-state index in [4.69, 9.17) is 14.5 Å². The number of hydrogen-bond acceptors (Lipinski definition) is 5. The van der Waals surface area contributed by atoms with E-state index in [1.54, 1.807) is 6.92 Å².